The van der Waals surface area contributed by atoms with E-state index < -0.39 is 6.10 Å². The molecule has 0 amide bonds. The Morgan fingerprint density at radius 3 is 2.62 bits per heavy atom. The average molecular weight is 287 g/mol. The van der Waals surface area contributed by atoms with Gasteiger partial charge in [0.15, 0.2) is 0 Å². The van der Waals surface area contributed by atoms with Gasteiger partial charge >= 0.3 is 0 Å². The van der Waals surface area contributed by atoms with Crippen molar-refractivity contribution in [2.45, 2.75) is 39.2 Å². The summed E-state index contributed by atoms with van der Waals surface area (Å²) >= 11 is 0. The van der Waals surface area contributed by atoms with Crippen LogP contribution < -0.4 is 10.5 Å². The van der Waals surface area contributed by atoms with Crippen molar-refractivity contribution >= 4 is 11.5 Å². The van der Waals surface area contributed by atoms with Crippen LogP contribution in [-0.4, -0.2) is 27.6 Å². The molecule has 1 aliphatic heterocycles. The fourth-order valence-electron chi connectivity index (χ4n) is 2.95. The first-order chi connectivity index (χ1) is 10.1. The summed E-state index contributed by atoms with van der Waals surface area (Å²) in [5.74, 6) is 0.727. The van der Waals surface area contributed by atoms with Crippen molar-refractivity contribution in [3.63, 3.8) is 0 Å². The van der Waals surface area contributed by atoms with Crippen molar-refractivity contribution in [1.82, 2.24) is 9.38 Å². The van der Waals surface area contributed by atoms with Gasteiger partial charge in [0.2, 0.25) is 0 Å². The summed E-state index contributed by atoms with van der Waals surface area (Å²) in [6.07, 6.45) is 4.64. The molecule has 0 aliphatic carbocycles. The molecule has 1 atom stereocenters. The van der Waals surface area contributed by atoms with Crippen LogP contribution in [-0.2, 0) is 0 Å². The van der Waals surface area contributed by atoms with E-state index in [-0.39, 0.29) is 5.56 Å². The minimum atomic E-state index is -0.650. The summed E-state index contributed by atoms with van der Waals surface area (Å²) in [7, 11) is 0. The van der Waals surface area contributed by atoms with E-state index in [4.69, 9.17) is 0 Å². The van der Waals surface area contributed by atoms with Crippen LogP contribution in [0.2, 0.25) is 0 Å². The van der Waals surface area contributed by atoms with Gasteiger partial charge in [-0.2, -0.15) is 0 Å². The van der Waals surface area contributed by atoms with Crippen LogP contribution in [0.4, 0.5) is 5.82 Å². The summed E-state index contributed by atoms with van der Waals surface area (Å²) in [6.45, 7) is 5.50. The first kappa shape index (κ1) is 14.1. The Labute approximate surface area is 123 Å². The Kier molecular flexibility index (Phi) is 3.68. The van der Waals surface area contributed by atoms with E-state index in [1.54, 1.807) is 19.2 Å². The maximum Gasteiger partial charge on any atom is 0.259 e. The number of rotatable bonds is 2. The lowest BCUT2D eigenvalue weighted by molar-refractivity contribution is 0.200. The summed E-state index contributed by atoms with van der Waals surface area (Å²) in [5, 5.41) is 9.97. The minimum absolute atomic E-state index is 0.0915. The molecule has 0 saturated carbocycles. The number of aliphatic hydroxyl groups is 1. The summed E-state index contributed by atoms with van der Waals surface area (Å²) < 4.78 is 1.53. The van der Waals surface area contributed by atoms with Gasteiger partial charge in [0.25, 0.3) is 5.56 Å². The molecular formula is C16H21N3O2. The molecule has 5 heteroatoms. The Bertz CT molecular complexity index is 715. The molecule has 3 heterocycles. The molecule has 1 fully saturated rings. The quantitative estimate of drug-likeness (QED) is 0.918. The molecule has 2 aromatic rings. The van der Waals surface area contributed by atoms with Gasteiger partial charge in [0.1, 0.15) is 11.5 Å². The molecule has 1 unspecified atom stereocenters. The SMILES string of the molecule is Cc1cc(C(C)O)c2nc(N3CCCCC3)cc(=O)n2c1. The zero-order valence-corrected chi connectivity index (χ0v) is 12.5. The first-order valence-corrected chi connectivity index (χ1v) is 7.53. The highest BCUT2D eigenvalue weighted by molar-refractivity contribution is 5.55. The second-order valence-electron chi connectivity index (χ2n) is 5.84. The molecule has 0 bridgehead atoms. The van der Waals surface area contributed by atoms with Gasteiger partial charge in [-0.25, -0.2) is 4.98 Å². The van der Waals surface area contributed by atoms with Crippen LogP contribution in [0, 0.1) is 6.92 Å². The van der Waals surface area contributed by atoms with Crippen molar-refractivity contribution in [1.29, 1.82) is 0 Å². The van der Waals surface area contributed by atoms with E-state index in [2.05, 4.69) is 9.88 Å². The highest BCUT2D eigenvalue weighted by Gasteiger charge is 2.16. The largest absolute Gasteiger partial charge is 0.389 e. The number of fused-ring (bicyclic) bond motifs is 1. The Morgan fingerprint density at radius 2 is 1.95 bits per heavy atom. The molecule has 112 valence electrons. The fraction of sp³-hybridized carbons (Fsp3) is 0.500. The number of aliphatic hydroxyl groups excluding tert-OH is 1. The highest BCUT2D eigenvalue weighted by atomic mass is 16.3. The van der Waals surface area contributed by atoms with Gasteiger partial charge in [-0.05, 0) is 44.7 Å². The number of hydrogen-bond acceptors (Lipinski definition) is 4. The number of piperidine rings is 1. The van der Waals surface area contributed by atoms with Crippen molar-refractivity contribution in [3.8, 4) is 0 Å². The Hall–Kier alpha value is -1.88. The zero-order chi connectivity index (χ0) is 15.0. The lowest BCUT2D eigenvalue weighted by atomic mass is 10.1. The molecule has 3 rings (SSSR count). The predicted octanol–water partition coefficient (Wildman–Crippen LogP) is 2.05. The van der Waals surface area contributed by atoms with Gasteiger partial charge in [-0.3, -0.25) is 9.20 Å². The molecule has 1 saturated heterocycles. The molecule has 0 radical (unpaired) electrons. The van der Waals surface area contributed by atoms with E-state index in [0.29, 0.717) is 11.2 Å². The molecule has 21 heavy (non-hydrogen) atoms. The smallest absolute Gasteiger partial charge is 0.259 e. The van der Waals surface area contributed by atoms with Gasteiger partial charge in [0.05, 0.1) is 6.10 Å². The number of aromatic nitrogens is 2. The molecule has 0 aromatic carbocycles. The topological polar surface area (TPSA) is 57.8 Å². The fourth-order valence-corrected chi connectivity index (χ4v) is 2.95. The third-order valence-electron chi connectivity index (χ3n) is 4.04. The summed E-state index contributed by atoms with van der Waals surface area (Å²) in [6, 6.07) is 3.50. The van der Waals surface area contributed by atoms with Crippen LogP contribution in [0.1, 0.15) is 43.4 Å². The second-order valence-corrected chi connectivity index (χ2v) is 5.84. The van der Waals surface area contributed by atoms with Crippen molar-refractivity contribution in [2.75, 3.05) is 18.0 Å². The van der Waals surface area contributed by atoms with Crippen LogP contribution in [0.5, 0.6) is 0 Å². The summed E-state index contributed by atoms with van der Waals surface area (Å²) in [5.41, 5.74) is 2.11. The minimum Gasteiger partial charge on any atom is -0.389 e. The van der Waals surface area contributed by atoms with E-state index in [0.717, 1.165) is 37.3 Å². The number of hydrogen-bond donors (Lipinski definition) is 1. The van der Waals surface area contributed by atoms with Crippen LogP contribution in [0.3, 0.4) is 0 Å². The van der Waals surface area contributed by atoms with Crippen molar-refractivity contribution in [2.24, 2.45) is 0 Å². The van der Waals surface area contributed by atoms with E-state index in [1.165, 1.54) is 10.8 Å². The molecule has 5 nitrogen and oxygen atoms in total. The number of anilines is 1. The highest BCUT2D eigenvalue weighted by Crippen LogP contribution is 2.22. The maximum atomic E-state index is 12.4. The maximum absolute atomic E-state index is 12.4. The Morgan fingerprint density at radius 1 is 1.24 bits per heavy atom. The van der Waals surface area contributed by atoms with Gasteiger partial charge in [-0.1, -0.05) is 0 Å². The number of nitrogens with zero attached hydrogens (tertiary/aromatic N) is 3. The average Bonchev–Trinajstić information content (AvgIpc) is 2.48. The molecule has 2 aromatic heterocycles. The van der Waals surface area contributed by atoms with E-state index in [1.807, 2.05) is 13.0 Å². The Balaban J connectivity index is 2.19. The zero-order valence-electron chi connectivity index (χ0n) is 12.5. The monoisotopic (exact) mass is 287 g/mol. The van der Waals surface area contributed by atoms with E-state index >= 15 is 0 Å². The second kappa shape index (κ2) is 5.48. The first-order valence-electron chi connectivity index (χ1n) is 7.53. The third-order valence-corrected chi connectivity index (χ3v) is 4.04. The van der Waals surface area contributed by atoms with Crippen LogP contribution in [0.25, 0.3) is 5.65 Å². The van der Waals surface area contributed by atoms with Gasteiger partial charge in [0, 0.05) is 30.9 Å². The predicted molar refractivity (Wildman–Crippen MR) is 82.9 cm³/mol. The standard InChI is InChI=1S/C16H21N3O2/c1-11-8-13(12(2)20)16-17-14(9-15(21)19(16)10-11)18-6-4-3-5-7-18/h8-10,12,20H,3-7H2,1-2H3. The normalized spacial score (nSPS) is 17.2. The van der Waals surface area contributed by atoms with Gasteiger partial charge < -0.3 is 10.0 Å². The molecule has 0 spiro atoms. The molecule has 1 aliphatic rings. The lowest BCUT2D eigenvalue weighted by Gasteiger charge is -2.28. The summed E-state index contributed by atoms with van der Waals surface area (Å²) in [4.78, 5) is 19.2. The number of aryl methyl sites for hydroxylation is 1. The van der Waals surface area contributed by atoms with E-state index in [9.17, 15) is 9.90 Å². The van der Waals surface area contributed by atoms with Crippen LogP contribution in [0.15, 0.2) is 23.1 Å². The molecule has 1 N–H and O–H groups in total. The van der Waals surface area contributed by atoms with Crippen LogP contribution >= 0.6 is 0 Å². The lowest BCUT2D eigenvalue weighted by Crippen LogP contribution is -2.32. The van der Waals surface area contributed by atoms with Crippen molar-refractivity contribution < 1.29 is 5.11 Å². The number of pyridine rings is 1. The molecular weight excluding hydrogens is 266 g/mol. The van der Waals surface area contributed by atoms with Gasteiger partial charge in [-0.15, -0.1) is 0 Å². The van der Waals surface area contributed by atoms with Crippen molar-refractivity contribution in [3.05, 3.63) is 39.8 Å². The third kappa shape index (κ3) is 2.65.